The van der Waals surface area contributed by atoms with Gasteiger partial charge in [0.25, 0.3) is 0 Å². The quantitative estimate of drug-likeness (QED) is 0.683. The Morgan fingerprint density at radius 2 is 1.60 bits per heavy atom. The Kier molecular flexibility index (Phi) is 6.14. The average molecular weight is 256 g/mol. The first-order valence-corrected chi connectivity index (χ1v) is 7.33. The molecule has 0 saturated heterocycles. The predicted molar refractivity (Wildman–Crippen MR) is 65.8 cm³/mol. The van der Waals surface area contributed by atoms with Crippen molar-refractivity contribution in [1.82, 2.24) is 4.31 Å². The number of sulfonamides is 1. The number of alkyl halides is 1. The first kappa shape index (κ1) is 15.2. The summed E-state index contributed by atoms with van der Waals surface area (Å²) in [5, 5.41) is -0.514. The summed E-state index contributed by atoms with van der Waals surface area (Å²) in [4.78, 5) is 0. The molecule has 0 fully saturated rings. The van der Waals surface area contributed by atoms with Gasteiger partial charge in [0.2, 0.25) is 10.0 Å². The lowest BCUT2D eigenvalue weighted by Crippen LogP contribution is -2.44. The molecule has 0 saturated carbocycles. The van der Waals surface area contributed by atoms with Gasteiger partial charge in [-0.05, 0) is 26.7 Å². The maximum Gasteiger partial charge on any atom is 0.218 e. The molecule has 92 valence electrons. The van der Waals surface area contributed by atoms with Gasteiger partial charge in [-0.15, -0.1) is 11.6 Å². The van der Waals surface area contributed by atoms with Crippen molar-refractivity contribution in [1.29, 1.82) is 0 Å². The third-order valence-electron chi connectivity index (χ3n) is 2.17. The zero-order valence-electron chi connectivity index (χ0n) is 10.2. The number of hydrogen-bond acceptors (Lipinski definition) is 2. The first-order valence-electron chi connectivity index (χ1n) is 5.30. The second kappa shape index (κ2) is 6.06. The summed E-state index contributed by atoms with van der Waals surface area (Å²) in [5.41, 5.74) is 0. The molecule has 0 radical (unpaired) electrons. The molecule has 0 aliphatic heterocycles. The zero-order chi connectivity index (χ0) is 12.2. The lowest BCUT2D eigenvalue weighted by molar-refractivity contribution is 0.316. The smallest absolute Gasteiger partial charge is 0.212 e. The third-order valence-corrected chi connectivity index (χ3v) is 5.23. The van der Waals surface area contributed by atoms with Crippen LogP contribution in [0.1, 0.15) is 34.6 Å². The number of hydrogen-bond donors (Lipinski definition) is 0. The highest BCUT2D eigenvalue weighted by Gasteiger charge is 2.30. The van der Waals surface area contributed by atoms with Crippen LogP contribution >= 0.6 is 11.6 Å². The van der Waals surface area contributed by atoms with Crippen LogP contribution in [0.5, 0.6) is 0 Å². The number of nitrogens with zero attached hydrogens (tertiary/aromatic N) is 1. The summed E-state index contributed by atoms with van der Waals surface area (Å²) in [7, 11) is -3.24. The third kappa shape index (κ3) is 4.29. The summed E-state index contributed by atoms with van der Waals surface area (Å²) in [5.74, 6) is 0.466. The largest absolute Gasteiger partial charge is 0.218 e. The van der Waals surface area contributed by atoms with Gasteiger partial charge in [-0.25, -0.2) is 8.42 Å². The maximum atomic E-state index is 12.1. The van der Waals surface area contributed by atoms with E-state index in [2.05, 4.69) is 0 Å². The van der Waals surface area contributed by atoms with Gasteiger partial charge in [0.15, 0.2) is 0 Å². The molecular weight excluding hydrogens is 234 g/mol. The molecule has 0 rings (SSSR count). The monoisotopic (exact) mass is 255 g/mol. The van der Waals surface area contributed by atoms with Crippen LogP contribution in [0.15, 0.2) is 0 Å². The molecule has 0 heterocycles. The van der Waals surface area contributed by atoms with Crippen LogP contribution in [-0.4, -0.2) is 36.4 Å². The summed E-state index contributed by atoms with van der Waals surface area (Å²) in [6.45, 7) is 10.0. The van der Waals surface area contributed by atoms with Gasteiger partial charge in [-0.3, -0.25) is 0 Å². The molecular formula is C10H22ClNO2S. The van der Waals surface area contributed by atoms with E-state index in [-0.39, 0.29) is 11.9 Å². The molecule has 0 spiro atoms. The van der Waals surface area contributed by atoms with Crippen LogP contribution in [0.4, 0.5) is 0 Å². The van der Waals surface area contributed by atoms with E-state index in [1.165, 1.54) is 0 Å². The summed E-state index contributed by atoms with van der Waals surface area (Å²) in [6.07, 6.45) is 0. The summed E-state index contributed by atoms with van der Waals surface area (Å²) in [6, 6.07) is -0.0110. The molecule has 0 aromatic carbocycles. The van der Waals surface area contributed by atoms with E-state index in [1.807, 2.05) is 27.7 Å². The number of halogens is 1. The van der Waals surface area contributed by atoms with Gasteiger partial charge in [-0.1, -0.05) is 13.8 Å². The SMILES string of the molecule is CC(C)CN(C(C)C)S(=O)(=O)C(C)CCl. The molecule has 0 aromatic rings. The highest BCUT2D eigenvalue weighted by atomic mass is 35.5. The second-order valence-electron chi connectivity index (χ2n) is 4.57. The normalized spacial score (nSPS) is 15.3. The van der Waals surface area contributed by atoms with E-state index in [9.17, 15) is 8.42 Å². The van der Waals surface area contributed by atoms with Crippen LogP contribution in [0.3, 0.4) is 0 Å². The van der Waals surface area contributed by atoms with E-state index < -0.39 is 15.3 Å². The highest BCUT2D eigenvalue weighted by molar-refractivity contribution is 7.89. The molecule has 5 heteroatoms. The minimum absolute atomic E-state index is 0.0110. The highest BCUT2D eigenvalue weighted by Crippen LogP contribution is 2.16. The van der Waals surface area contributed by atoms with E-state index in [0.29, 0.717) is 12.5 Å². The molecule has 0 bridgehead atoms. The van der Waals surface area contributed by atoms with E-state index in [4.69, 9.17) is 11.6 Å². The average Bonchev–Trinajstić information content (AvgIpc) is 2.11. The topological polar surface area (TPSA) is 37.4 Å². The minimum Gasteiger partial charge on any atom is -0.212 e. The van der Waals surface area contributed by atoms with E-state index in [0.717, 1.165) is 0 Å². The van der Waals surface area contributed by atoms with Crippen LogP contribution in [0.25, 0.3) is 0 Å². The van der Waals surface area contributed by atoms with Gasteiger partial charge in [0.1, 0.15) is 0 Å². The van der Waals surface area contributed by atoms with Crippen LogP contribution in [-0.2, 0) is 10.0 Å². The summed E-state index contributed by atoms with van der Waals surface area (Å²) >= 11 is 5.62. The molecule has 0 N–H and O–H groups in total. The van der Waals surface area contributed by atoms with Crippen molar-refractivity contribution in [3.05, 3.63) is 0 Å². The van der Waals surface area contributed by atoms with Crippen molar-refractivity contribution < 1.29 is 8.42 Å². The predicted octanol–water partition coefficient (Wildman–Crippen LogP) is 2.31. The number of rotatable bonds is 6. The Bertz CT molecular complexity index is 275. The zero-order valence-corrected chi connectivity index (χ0v) is 11.8. The van der Waals surface area contributed by atoms with Crippen LogP contribution in [0, 0.1) is 5.92 Å². The van der Waals surface area contributed by atoms with Crippen molar-refractivity contribution in [2.24, 2.45) is 5.92 Å². The van der Waals surface area contributed by atoms with Crippen LogP contribution in [0.2, 0.25) is 0 Å². The molecule has 0 amide bonds. The van der Waals surface area contributed by atoms with Crippen molar-refractivity contribution in [3.63, 3.8) is 0 Å². The van der Waals surface area contributed by atoms with E-state index in [1.54, 1.807) is 11.2 Å². The Balaban J connectivity index is 4.91. The van der Waals surface area contributed by atoms with Gasteiger partial charge < -0.3 is 0 Å². The molecule has 0 aliphatic rings. The maximum absolute atomic E-state index is 12.1. The minimum atomic E-state index is -3.24. The van der Waals surface area contributed by atoms with Crippen LogP contribution < -0.4 is 0 Å². The summed E-state index contributed by atoms with van der Waals surface area (Å²) < 4.78 is 25.7. The Morgan fingerprint density at radius 3 is 1.87 bits per heavy atom. The molecule has 1 unspecified atom stereocenters. The van der Waals surface area contributed by atoms with E-state index >= 15 is 0 Å². The van der Waals surface area contributed by atoms with Crippen molar-refractivity contribution in [2.45, 2.75) is 45.9 Å². The molecule has 0 aliphatic carbocycles. The van der Waals surface area contributed by atoms with Gasteiger partial charge in [-0.2, -0.15) is 4.31 Å². The fraction of sp³-hybridized carbons (Fsp3) is 1.00. The fourth-order valence-corrected chi connectivity index (χ4v) is 3.47. The van der Waals surface area contributed by atoms with Crippen molar-refractivity contribution in [3.8, 4) is 0 Å². The lowest BCUT2D eigenvalue weighted by atomic mass is 10.2. The van der Waals surface area contributed by atoms with Gasteiger partial charge in [0, 0.05) is 18.5 Å². The molecule has 0 aromatic heterocycles. The lowest BCUT2D eigenvalue weighted by Gasteiger charge is -2.29. The Hall–Kier alpha value is 0.200. The fourth-order valence-electron chi connectivity index (χ4n) is 1.28. The van der Waals surface area contributed by atoms with Gasteiger partial charge >= 0.3 is 0 Å². The molecule has 15 heavy (non-hydrogen) atoms. The standard InChI is InChI=1S/C10H22ClNO2S/c1-8(2)7-12(9(3)4)15(13,14)10(5)6-11/h8-10H,6-7H2,1-5H3. The Labute approximate surface area is 98.8 Å². The Morgan fingerprint density at radius 1 is 1.13 bits per heavy atom. The molecule has 1 atom stereocenters. The van der Waals surface area contributed by atoms with Crippen molar-refractivity contribution in [2.75, 3.05) is 12.4 Å². The second-order valence-corrected chi connectivity index (χ2v) is 7.18. The first-order chi connectivity index (χ1) is 6.73. The molecule has 3 nitrogen and oxygen atoms in total. The van der Waals surface area contributed by atoms with Gasteiger partial charge in [0.05, 0.1) is 5.25 Å². The van der Waals surface area contributed by atoms with Crippen molar-refractivity contribution >= 4 is 21.6 Å².